The first-order valence-corrected chi connectivity index (χ1v) is 7.48. The molecule has 3 aromatic heterocycles. The van der Waals surface area contributed by atoms with Gasteiger partial charge in [0.25, 0.3) is 0 Å². The van der Waals surface area contributed by atoms with Crippen molar-refractivity contribution in [3.8, 4) is 5.13 Å². The number of nitrogens with zero attached hydrogens (tertiary/aromatic N) is 4. The lowest BCUT2D eigenvalue weighted by atomic mass is 10.1. The Balaban J connectivity index is 1.77. The number of hydrogen-bond donors (Lipinski definition) is 1. The fourth-order valence-electron chi connectivity index (χ4n) is 2.05. The normalized spacial score (nSPS) is 10.8. The van der Waals surface area contributed by atoms with Gasteiger partial charge in [0.2, 0.25) is 0 Å². The highest BCUT2D eigenvalue weighted by Crippen LogP contribution is 2.22. The molecule has 0 aliphatic rings. The van der Waals surface area contributed by atoms with E-state index in [1.165, 1.54) is 22.2 Å². The third-order valence-electron chi connectivity index (χ3n) is 3.16. The molecule has 3 heterocycles. The molecule has 0 amide bonds. The van der Waals surface area contributed by atoms with Crippen molar-refractivity contribution >= 4 is 17.1 Å². The monoisotopic (exact) mass is 315 g/mol. The molecule has 0 aliphatic heterocycles. The highest BCUT2D eigenvalue weighted by Gasteiger charge is 2.17. The summed E-state index contributed by atoms with van der Waals surface area (Å²) in [6, 6.07) is 3.79. The number of thiazole rings is 1. The first kappa shape index (κ1) is 14.3. The molecule has 0 saturated heterocycles. The van der Waals surface area contributed by atoms with Crippen molar-refractivity contribution in [3.63, 3.8) is 0 Å². The molecule has 8 heteroatoms. The molecule has 7 nitrogen and oxygen atoms in total. The van der Waals surface area contributed by atoms with Crippen LogP contribution in [0.5, 0.6) is 0 Å². The molecule has 112 valence electrons. The molecule has 1 N–H and O–H groups in total. The number of aromatic amines is 1. The molecule has 0 bridgehead atoms. The van der Waals surface area contributed by atoms with E-state index in [4.69, 9.17) is 0 Å². The summed E-state index contributed by atoms with van der Waals surface area (Å²) in [6.07, 6.45) is 5.82. The van der Waals surface area contributed by atoms with Crippen LogP contribution in [0.25, 0.3) is 5.13 Å². The third-order valence-corrected chi connectivity index (χ3v) is 4.36. The van der Waals surface area contributed by atoms with Gasteiger partial charge in [-0.25, -0.2) is 19.4 Å². The number of ketones is 1. The second kappa shape index (κ2) is 6.02. The minimum absolute atomic E-state index is 0.0154. The summed E-state index contributed by atoms with van der Waals surface area (Å²) in [6.45, 7) is 1.77. The van der Waals surface area contributed by atoms with Crippen molar-refractivity contribution in [2.45, 2.75) is 19.8 Å². The van der Waals surface area contributed by atoms with Gasteiger partial charge in [0.1, 0.15) is 6.33 Å². The molecule has 3 aromatic rings. The lowest BCUT2D eigenvalue weighted by Gasteiger charge is -1.99. The van der Waals surface area contributed by atoms with Crippen LogP contribution >= 0.6 is 11.3 Å². The van der Waals surface area contributed by atoms with Crippen LogP contribution in [-0.4, -0.2) is 30.5 Å². The van der Waals surface area contributed by atoms with Crippen LogP contribution in [-0.2, 0) is 6.42 Å². The molecule has 0 spiro atoms. The van der Waals surface area contributed by atoms with E-state index in [0.717, 1.165) is 5.56 Å². The van der Waals surface area contributed by atoms with Gasteiger partial charge >= 0.3 is 5.69 Å². The summed E-state index contributed by atoms with van der Waals surface area (Å²) < 4.78 is 1.29. The van der Waals surface area contributed by atoms with Gasteiger partial charge < -0.3 is 0 Å². The number of hydrogen-bond acceptors (Lipinski definition) is 6. The maximum Gasteiger partial charge on any atom is 0.349 e. The van der Waals surface area contributed by atoms with Crippen molar-refractivity contribution in [1.29, 1.82) is 0 Å². The van der Waals surface area contributed by atoms with Gasteiger partial charge in [-0.3, -0.25) is 9.78 Å². The number of nitrogens with one attached hydrogen (secondary N) is 1. The summed E-state index contributed by atoms with van der Waals surface area (Å²) in [5.41, 5.74) is 1.27. The van der Waals surface area contributed by atoms with Gasteiger partial charge in [0.15, 0.2) is 10.9 Å². The summed E-state index contributed by atoms with van der Waals surface area (Å²) in [5.74, 6) is 0.0154. The van der Waals surface area contributed by atoms with E-state index in [-0.39, 0.29) is 11.5 Å². The molecule has 0 radical (unpaired) electrons. The van der Waals surface area contributed by atoms with Crippen molar-refractivity contribution in [3.05, 3.63) is 57.5 Å². The number of aryl methyl sites for hydroxylation is 2. The number of aromatic nitrogens is 5. The van der Waals surface area contributed by atoms with Crippen LogP contribution in [0.4, 0.5) is 0 Å². The lowest BCUT2D eigenvalue weighted by molar-refractivity contribution is 0.0986. The molecular formula is C14H13N5O2S. The number of Topliss-reactive ketones (excluding diaryl/α,β-unsaturated/α-hetero) is 1. The van der Waals surface area contributed by atoms with Crippen LogP contribution in [0.15, 0.2) is 35.6 Å². The fourth-order valence-corrected chi connectivity index (χ4v) is 3.05. The number of carbonyl (C=O) groups excluding carboxylic acids is 1. The fraction of sp³-hybridized carbons (Fsp3) is 0.214. The average molecular weight is 315 g/mol. The summed E-state index contributed by atoms with van der Waals surface area (Å²) in [7, 11) is 0. The van der Waals surface area contributed by atoms with E-state index in [1.54, 1.807) is 19.3 Å². The zero-order chi connectivity index (χ0) is 15.5. The Hall–Kier alpha value is -2.61. The van der Waals surface area contributed by atoms with Gasteiger partial charge in [0.05, 0.1) is 10.6 Å². The number of carbonyl (C=O) groups is 1. The zero-order valence-electron chi connectivity index (χ0n) is 11.8. The maximum absolute atomic E-state index is 12.3. The van der Waals surface area contributed by atoms with Gasteiger partial charge in [-0.2, -0.15) is 5.10 Å². The predicted octanol–water partition coefficient (Wildman–Crippen LogP) is 1.54. The summed E-state index contributed by atoms with van der Waals surface area (Å²) >= 11 is 1.20. The first-order chi connectivity index (χ1) is 10.6. The second-order valence-corrected chi connectivity index (χ2v) is 5.70. The predicted molar refractivity (Wildman–Crippen MR) is 81.5 cm³/mol. The lowest BCUT2D eigenvalue weighted by Crippen LogP contribution is -2.13. The SMILES string of the molecule is Cc1nc(-n2cn[nH]c2=O)sc1C(=O)CCc1cccnc1. The van der Waals surface area contributed by atoms with Crippen LogP contribution in [0.1, 0.15) is 27.3 Å². The van der Waals surface area contributed by atoms with Gasteiger partial charge in [-0.15, -0.1) is 0 Å². The zero-order valence-corrected chi connectivity index (χ0v) is 12.6. The Morgan fingerprint density at radius 1 is 1.45 bits per heavy atom. The molecule has 0 fully saturated rings. The van der Waals surface area contributed by atoms with Crippen molar-refractivity contribution in [2.75, 3.05) is 0 Å². The van der Waals surface area contributed by atoms with Gasteiger partial charge in [-0.05, 0) is 25.0 Å². The minimum Gasteiger partial charge on any atom is -0.293 e. The number of pyridine rings is 1. The molecule has 22 heavy (non-hydrogen) atoms. The highest BCUT2D eigenvalue weighted by atomic mass is 32.1. The largest absolute Gasteiger partial charge is 0.349 e. The smallest absolute Gasteiger partial charge is 0.293 e. The summed E-state index contributed by atoms with van der Waals surface area (Å²) in [5, 5.41) is 6.41. The Kier molecular flexibility index (Phi) is 3.92. The van der Waals surface area contributed by atoms with Crippen LogP contribution < -0.4 is 5.69 Å². The first-order valence-electron chi connectivity index (χ1n) is 6.67. The Bertz CT molecular complexity index is 850. The Morgan fingerprint density at radius 2 is 2.32 bits per heavy atom. The highest BCUT2D eigenvalue weighted by molar-refractivity contribution is 7.16. The van der Waals surface area contributed by atoms with E-state index < -0.39 is 0 Å². The van der Waals surface area contributed by atoms with E-state index in [1.807, 2.05) is 12.1 Å². The average Bonchev–Trinajstić information content (AvgIpc) is 3.11. The van der Waals surface area contributed by atoms with Crippen LogP contribution in [0.2, 0.25) is 0 Å². The standard InChI is InChI=1S/C14H13N5O2S/c1-9-12(11(20)5-4-10-3-2-6-15-7-10)22-14(17-9)19-8-16-18-13(19)21/h2-3,6-8H,4-5H2,1H3,(H,18,21). The number of rotatable bonds is 5. The summed E-state index contributed by atoms with van der Waals surface area (Å²) in [4.78, 5) is 32.8. The quantitative estimate of drug-likeness (QED) is 0.721. The molecule has 3 rings (SSSR count). The molecule has 0 aromatic carbocycles. The minimum atomic E-state index is -0.372. The van der Waals surface area contributed by atoms with E-state index >= 15 is 0 Å². The molecule has 0 saturated carbocycles. The van der Waals surface area contributed by atoms with Gasteiger partial charge in [-0.1, -0.05) is 17.4 Å². The molecule has 0 unspecified atom stereocenters. The Morgan fingerprint density at radius 3 is 3.00 bits per heavy atom. The van der Waals surface area contributed by atoms with E-state index in [2.05, 4.69) is 20.2 Å². The topological polar surface area (TPSA) is 93.5 Å². The molecular weight excluding hydrogens is 302 g/mol. The maximum atomic E-state index is 12.3. The van der Waals surface area contributed by atoms with E-state index in [0.29, 0.717) is 28.5 Å². The van der Waals surface area contributed by atoms with Crippen LogP contribution in [0.3, 0.4) is 0 Å². The molecule has 0 aliphatic carbocycles. The van der Waals surface area contributed by atoms with Crippen molar-refractivity contribution < 1.29 is 4.79 Å². The van der Waals surface area contributed by atoms with E-state index in [9.17, 15) is 9.59 Å². The van der Waals surface area contributed by atoms with Gasteiger partial charge in [0, 0.05) is 18.8 Å². The van der Waals surface area contributed by atoms with Crippen molar-refractivity contribution in [1.82, 2.24) is 24.7 Å². The number of H-pyrrole nitrogens is 1. The third kappa shape index (κ3) is 2.86. The second-order valence-electron chi connectivity index (χ2n) is 4.73. The van der Waals surface area contributed by atoms with Crippen molar-refractivity contribution in [2.24, 2.45) is 0 Å². The Labute approximate surface area is 129 Å². The van der Waals surface area contributed by atoms with Crippen LogP contribution in [0, 0.1) is 6.92 Å². The molecule has 0 atom stereocenters.